The monoisotopic (exact) mass is 307 g/mol. The van der Waals surface area contributed by atoms with Gasteiger partial charge in [-0.05, 0) is 32.8 Å². The number of nitrogens with zero attached hydrogens (tertiary/aromatic N) is 1. The van der Waals surface area contributed by atoms with Crippen molar-refractivity contribution in [1.82, 2.24) is 4.90 Å². The molecule has 0 aliphatic heterocycles. The molecule has 1 aliphatic carbocycles. The first-order chi connectivity index (χ1) is 10.6. The average Bonchev–Trinajstić information content (AvgIpc) is 2.51. The highest BCUT2D eigenvalue weighted by atomic mass is 16.5. The maximum absolute atomic E-state index is 10.4. The zero-order valence-corrected chi connectivity index (χ0v) is 13.8. The molecule has 1 aliphatic rings. The van der Waals surface area contributed by atoms with Gasteiger partial charge in [0.2, 0.25) is 0 Å². The maximum Gasteiger partial charge on any atom is 0.162 e. The zero-order chi connectivity index (χ0) is 15.9. The van der Waals surface area contributed by atoms with Gasteiger partial charge in [-0.1, -0.05) is 31.4 Å². The molecule has 4 heteroatoms. The second-order valence-electron chi connectivity index (χ2n) is 6.27. The van der Waals surface area contributed by atoms with Gasteiger partial charge in [-0.3, -0.25) is 4.90 Å². The van der Waals surface area contributed by atoms with Gasteiger partial charge in [0.15, 0.2) is 11.5 Å². The van der Waals surface area contributed by atoms with Crippen LogP contribution in [0.3, 0.4) is 0 Å². The van der Waals surface area contributed by atoms with E-state index in [2.05, 4.69) is 4.90 Å². The van der Waals surface area contributed by atoms with Gasteiger partial charge >= 0.3 is 0 Å². The minimum atomic E-state index is -0.362. The minimum Gasteiger partial charge on any atom is -0.504 e. The number of aliphatic hydroxyl groups excluding tert-OH is 1. The van der Waals surface area contributed by atoms with Crippen molar-refractivity contribution in [3.05, 3.63) is 23.8 Å². The summed E-state index contributed by atoms with van der Waals surface area (Å²) in [6.07, 6.45) is 5.82. The standard InChI is InChI=1S/C18H29NO3/c1-3-22-17-11-7-8-15(18(17)21)13-19(12-14(2)20)16-9-5-4-6-10-16/h7-8,11,14,16,20-21H,3-6,9-10,12-13H2,1-2H3. The summed E-state index contributed by atoms with van der Waals surface area (Å²) in [5, 5.41) is 20.2. The second-order valence-corrected chi connectivity index (χ2v) is 6.27. The van der Waals surface area contributed by atoms with Gasteiger partial charge in [-0.25, -0.2) is 0 Å². The summed E-state index contributed by atoms with van der Waals surface area (Å²) in [7, 11) is 0. The van der Waals surface area contributed by atoms with Crippen LogP contribution in [-0.2, 0) is 6.54 Å². The summed E-state index contributed by atoms with van der Waals surface area (Å²) in [5.41, 5.74) is 0.872. The van der Waals surface area contributed by atoms with Crippen molar-refractivity contribution in [2.45, 2.75) is 64.6 Å². The first kappa shape index (κ1) is 17.1. The number of hydrogen-bond donors (Lipinski definition) is 2. The summed E-state index contributed by atoms with van der Waals surface area (Å²) in [6.45, 7) is 5.57. The molecule has 4 nitrogen and oxygen atoms in total. The van der Waals surface area contributed by atoms with Gasteiger partial charge in [0.25, 0.3) is 0 Å². The van der Waals surface area contributed by atoms with Gasteiger partial charge in [-0.15, -0.1) is 0 Å². The van der Waals surface area contributed by atoms with Crippen molar-refractivity contribution in [3.63, 3.8) is 0 Å². The number of rotatable bonds is 7. The van der Waals surface area contributed by atoms with Gasteiger partial charge in [0.05, 0.1) is 12.7 Å². The Morgan fingerprint density at radius 3 is 2.64 bits per heavy atom. The van der Waals surface area contributed by atoms with Crippen molar-refractivity contribution >= 4 is 0 Å². The smallest absolute Gasteiger partial charge is 0.162 e. The molecule has 2 N–H and O–H groups in total. The van der Waals surface area contributed by atoms with Gasteiger partial charge in [0, 0.05) is 24.7 Å². The molecule has 1 fully saturated rings. The highest BCUT2D eigenvalue weighted by Crippen LogP contribution is 2.32. The first-order valence-corrected chi connectivity index (χ1v) is 8.47. The molecule has 0 amide bonds. The Balaban J connectivity index is 2.13. The predicted molar refractivity (Wildman–Crippen MR) is 88.2 cm³/mol. The predicted octanol–water partition coefficient (Wildman–Crippen LogP) is 3.31. The molecule has 1 atom stereocenters. The normalized spacial score (nSPS) is 17.6. The van der Waals surface area contributed by atoms with Crippen molar-refractivity contribution in [2.24, 2.45) is 0 Å². The third-order valence-electron chi connectivity index (χ3n) is 4.35. The lowest BCUT2D eigenvalue weighted by Crippen LogP contribution is -2.40. The van der Waals surface area contributed by atoms with E-state index in [1.807, 2.05) is 26.0 Å². The molecular weight excluding hydrogens is 278 g/mol. The summed E-state index contributed by atoms with van der Waals surface area (Å²) < 4.78 is 5.47. The molecule has 1 aromatic carbocycles. The van der Waals surface area contributed by atoms with E-state index < -0.39 is 0 Å². The summed E-state index contributed by atoms with van der Waals surface area (Å²) in [5.74, 6) is 0.774. The van der Waals surface area contributed by atoms with E-state index in [1.165, 1.54) is 32.1 Å². The lowest BCUT2D eigenvalue weighted by atomic mass is 9.93. The van der Waals surface area contributed by atoms with Crippen LogP contribution in [0.2, 0.25) is 0 Å². The van der Waals surface area contributed by atoms with E-state index in [4.69, 9.17) is 4.74 Å². The van der Waals surface area contributed by atoms with E-state index in [9.17, 15) is 10.2 Å². The van der Waals surface area contributed by atoms with Gasteiger partial charge in [0.1, 0.15) is 0 Å². The van der Waals surface area contributed by atoms with Crippen molar-refractivity contribution in [2.75, 3.05) is 13.2 Å². The lowest BCUT2D eigenvalue weighted by molar-refractivity contribution is 0.0762. The van der Waals surface area contributed by atoms with E-state index in [1.54, 1.807) is 6.07 Å². The van der Waals surface area contributed by atoms with Crippen LogP contribution in [0.1, 0.15) is 51.5 Å². The molecule has 22 heavy (non-hydrogen) atoms. The molecule has 124 valence electrons. The fraction of sp³-hybridized carbons (Fsp3) is 0.667. The Labute approximate surface area is 133 Å². The highest BCUT2D eigenvalue weighted by Gasteiger charge is 2.23. The minimum absolute atomic E-state index is 0.232. The fourth-order valence-corrected chi connectivity index (χ4v) is 3.31. The molecule has 1 aromatic rings. The SMILES string of the molecule is CCOc1cccc(CN(CC(C)O)C2CCCCC2)c1O. The summed E-state index contributed by atoms with van der Waals surface area (Å²) >= 11 is 0. The molecule has 0 radical (unpaired) electrons. The topological polar surface area (TPSA) is 52.9 Å². The molecule has 1 saturated carbocycles. The number of phenols is 1. The van der Waals surface area contributed by atoms with Crippen LogP contribution < -0.4 is 4.74 Å². The van der Waals surface area contributed by atoms with Crippen LogP contribution in [0.5, 0.6) is 11.5 Å². The molecule has 0 bridgehead atoms. The zero-order valence-electron chi connectivity index (χ0n) is 13.8. The molecule has 0 spiro atoms. The Kier molecular flexibility index (Phi) is 6.52. The van der Waals surface area contributed by atoms with Crippen LogP contribution in [0, 0.1) is 0 Å². The first-order valence-electron chi connectivity index (χ1n) is 8.47. The van der Waals surface area contributed by atoms with E-state index in [0.29, 0.717) is 31.5 Å². The maximum atomic E-state index is 10.4. The number of hydrogen-bond acceptors (Lipinski definition) is 4. The number of benzene rings is 1. The molecule has 2 rings (SSSR count). The van der Waals surface area contributed by atoms with Crippen molar-refractivity contribution in [3.8, 4) is 11.5 Å². The quantitative estimate of drug-likeness (QED) is 0.811. The molecule has 0 aromatic heterocycles. The van der Waals surface area contributed by atoms with E-state index >= 15 is 0 Å². The van der Waals surface area contributed by atoms with Crippen LogP contribution in [-0.4, -0.2) is 40.4 Å². The number of para-hydroxylation sites is 1. The van der Waals surface area contributed by atoms with Crippen LogP contribution in [0.15, 0.2) is 18.2 Å². The van der Waals surface area contributed by atoms with Gasteiger partial charge < -0.3 is 14.9 Å². The van der Waals surface area contributed by atoms with Crippen LogP contribution in [0.25, 0.3) is 0 Å². The second kappa shape index (κ2) is 8.39. The Morgan fingerprint density at radius 2 is 2.00 bits per heavy atom. The number of aromatic hydroxyl groups is 1. The number of ether oxygens (including phenoxy) is 1. The molecule has 0 heterocycles. The third-order valence-corrected chi connectivity index (χ3v) is 4.35. The van der Waals surface area contributed by atoms with Crippen LogP contribution >= 0.6 is 0 Å². The Bertz CT molecular complexity index is 456. The highest BCUT2D eigenvalue weighted by molar-refractivity contribution is 5.45. The Hall–Kier alpha value is -1.26. The van der Waals surface area contributed by atoms with E-state index in [-0.39, 0.29) is 11.9 Å². The van der Waals surface area contributed by atoms with E-state index in [0.717, 1.165) is 5.56 Å². The van der Waals surface area contributed by atoms with Crippen molar-refractivity contribution in [1.29, 1.82) is 0 Å². The van der Waals surface area contributed by atoms with Crippen LogP contribution in [0.4, 0.5) is 0 Å². The molecular formula is C18H29NO3. The van der Waals surface area contributed by atoms with Crippen molar-refractivity contribution < 1.29 is 14.9 Å². The molecule has 0 saturated heterocycles. The molecule has 1 unspecified atom stereocenters. The fourth-order valence-electron chi connectivity index (χ4n) is 3.31. The largest absolute Gasteiger partial charge is 0.504 e. The summed E-state index contributed by atoms with van der Waals surface area (Å²) in [4.78, 5) is 2.31. The summed E-state index contributed by atoms with van der Waals surface area (Å²) in [6, 6.07) is 6.15. The lowest BCUT2D eigenvalue weighted by Gasteiger charge is -2.35. The number of phenolic OH excluding ortho intramolecular Hbond substituents is 1. The number of aliphatic hydroxyl groups is 1. The Morgan fingerprint density at radius 1 is 1.27 bits per heavy atom. The third kappa shape index (κ3) is 4.62. The van der Waals surface area contributed by atoms with Gasteiger partial charge in [-0.2, -0.15) is 0 Å². The average molecular weight is 307 g/mol.